The Kier molecular flexibility index (Phi) is 11.3. The highest BCUT2D eigenvalue weighted by Crippen LogP contribution is 2.41. The monoisotopic (exact) mass is 779 g/mol. The summed E-state index contributed by atoms with van der Waals surface area (Å²) in [5.41, 5.74) is 1.89. The molecule has 4 amide bonds. The van der Waals surface area contributed by atoms with Gasteiger partial charge in [0.2, 0.25) is 0 Å². The van der Waals surface area contributed by atoms with E-state index in [-0.39, 0.29) is 22.3 Å². The molecule has 284 valence electrons. The average Bonchev–Trinajstić information content (AvgIpc) is 3.76. The number of esters is 4. The maximum absolute atomic E-state index is 13.2. The molecule has 15 nitrogen and oxygen atoms in total. The molecule has 0 spiro atoms. The molecule has 0 saturated carbocycles. The third-order valence-corrected chi connectivity index (χ3v) is 11.8. The normalized spacial score (nSPS) is 17.1. The minimum Gasteiger partial charge on any atom is -0.465 e. The van der Waals surface area contributed by atoms with Gasteiger partial charge in [0.1, 0.15) is 16.5 Å². The van der Waals surface area contributed by atoms with Crippen LogP contribution in [0.1, 0.15) is 99.4 Å². The number of fused-ring (bicyclic) bond motifs is 3. The maximum Gasteiger partial charge on any atom is 0.341 e. The number of carbonyl (C=O) groups excluding carboxylic acids is 8. The number of thiophene rings is 2. The lowest BCUT2D eigenvalue weighted by Gasteiger charge is -2.18. The molecule has 1 aliphatic heterocycles. The molecule has 2 atom stereocenters. The number of methoxy groups -OCH3 is 2. The summed E-state index contributed by atoms with van der Waals surface area (Å²) in [4.78, 5) is 105. The van der Waals surface area contributed by atoms with Crippen LogP contribution in [0.3, 0.4) is 0 Å². The Morgan fingerprint density at radius 1 is 0.722 bits per heavy atom. The van der Waals surface area contributed by atoms with Crippen molar-refractivity contribution in [3.63, 3.8) is 0 Å². The molecule has 2 N–H and O–H groups in total. The third kappa shape index (κ3) is 7.77. The van der Waals surface area contributed by atoms with Gasteiger partial charge in [-0.1, -0.05) is 13.8 Å². The molecule has 17 heteroatoms. The Labute approximate surface area is 317 Å². The zero-order chi connectivity index (χ0) is 38.8. The highest BCUT2D eigenvalue weighted by atomic mass is 32.1. The van der Waals surface area contributed by atoms with Crippen LogP contribution in [0, 0.1) is 11.8 Å². The first-order chi connectivity index (χ1) is 25.8. The van der Waals surface area contributed by atoms with Crippen molar-refractivity contribution in [1.82, 2.24) is 4.90 Å². The summed E-state index contributed by atoms with van der Waals surface area (Å²) in [5.74, 6) is -5.43. The van der Waals surface area contributed by atoms with Crippen LogP contribution >= 0.6 is 22.7 Å². The van der Waals surface area contributed by atoms with E-state index in [2.05, 4.69) is 24.5 Å². The van der Waals surface area contributed by atoms with Gasteiger partial charge in [0.15, 0.2) is 13.2 Å². The molecule has 0 fully saturated rings. The standard InChI is InChI=1S/C37H37N3O12S2/c1-17-5-8-21-24(11-17)53-31(29(21)36(47)49-3)38-26(41)15-51-28(43)14-40-33(44)20-10-7-19(13-23(20)34(40)45)35(46)52-16-27(42)39-32-30(37(48)50-4)22-9-6-18(2)12-25(22)54-32/h7,10,13,17-18H,5-6,8-9,11-12,14-16H2,1-4H3,(H,38,41)(H,39,42)/t17-,18-/m0/s1. The maximum atomic E-state index is 13.2. The number of nitrogens with zero attached hydrogens (tertiary/aromatic N) is 1. The summed E-state index contributed by atoms with van der Waals surface area (Å²) in [7, 11) is 2.51. The minimum absolute atomic E-state index is 0.0718. The van der Waals surface area contributed by atoms with E-state index >= 15 is 0 Å². The summed E-state index contributed by atoms with van der Waals surface area (Å²) in [6.07, 6.45) is 4.65. The minimum atomic E-state index is -1.05. The van der Waals surface area contributed by atoms with Crippen LogP contribution < -0.4 is 10.6 Å². The first-order valence-corrected chi connectivity index (χ1v) is 18.8. The van der Waals surface area contributed by atoms with E-state index in [1.807, 2.05) is 0 Å². The molecule has 0 unspecified atom stereocenters. The molecular formula is C37H37N3O12S2. The SMILES string of the molecule is COC(=O)c1c(NC(=O)COC(=O)CN2C(=O)c3ccc(C(=O)OCC(=O)Nc4sc5c(c4C(=O)OC)CC[C@H](C)C5)cc3C2=O)sc2c1CC[C@H](C)C2. The van der Waals surface area contributed by atoms with Crippen molar-refractivity contribution >= 4 is 80.2 Å². The Bertz CT molecular complexity index is 2100. The fourth-order valence-electron chi connectivity index (χ4n) is 6.74. The van der Waals surface area contributed by atoms with Crippen LogP contribution in [-0.4, -0.2) is 86.4 Å². The van der Waals surface area contributed by atoms with Crippen molar-refractivity contribution in [2.24, 2.45) is 11.8 Å². The predicted molar refractivity (Wildman–Crippen MR) is 194 cm³/mol. The van der Waals surface area contributed by atoms with Crippen LogP contribution in [-0.2, 0) is 59.0 Å². The topological polar surface area (TPSA) is 201 Å². The van der Waals surface area contributed by atoms with Crippen LogP contribution in [0.4, 0.5) is 10.0 Å². The van der Waals surface area contributed by atoms with Gasteiger partial charge in [-0.25, -0.2) is 14.4 Å². The number of nitrogens with one attached hydrogen (secondary N) is 2. The summed E-state index contributed by atoms with van der Waals surface area (Å²) >= 11 is 2.55. The van der Waals surface area contributed by atoms with E-state index in [9.17, 15) is 38.4 Å². The lowest BCUT2D eigenvalue weighted by molar-refractivity contribution is -0.147. The quantitative estimate of drug-likeness (QED) is 0.160. The van der Waals surface area contributed by atoms with E-state index < -0.39 is 67.3 Å². The average molecular weight is 780 g/mol. The highest BCUT2D eigenvalue weighted by molar-refractivity contribution is 7.17. The third-order valence-electron chi connectivity index (χ3n) is 9.50. The fourth-order valence-corrected chi connectivity index (χ4v) is 9.57. The number of carbonyl (C=O) groups is 8. The number of rotatable bonds is 11. The van der Waals surface area contributed by atoms with Gasteiger partial charge in [-0.3, -0.25) is 28.9 Å². The van der Waals surface area contributed by atoms with E-state index in [1.165, 1.54) is 49.0 Å². The zero-order valence-corrected chi connectivity index (χ0v) is 31.5. The second kappa shape index (κ2) is 15.9. The smallest absolute Gasteiger partial charge is 0.341 e. The van der Waals surface area contributed by atoms with Crippen LogP contribution in [0.25, 0.3) is 0 Å². The lowest BCUT2D eigenvalue weighted by atomic mass is 9.88. The second-order valence-electron chi connectivity index (χ2n) is 13.4. The van der Waals surface area contributed by atoms with Gasteiger partial charge in [0.05, 0.1) is 42.0 Å². The summed E-state index contributed by atoms with van der Waals surface area (Å²) in [6, 6.07) is 3.59. The number of amides is 4. The molecule has 0 bridgehead atoms. The van der Waals surface area contributed by atoms with Gasteiger partial charge < -0.3 is 29.6 Å². The van der Waals surface area contributed by atoms with Gasteiger partial charge in [0.25, 0.3) is 23.6 Å². The number of benzene rings is 1. The first kappa shape index (κ1) is 38.3. The molecule has 3 aliphatic rings. The van der Waals surface area contributed by atoms with Crippen molar-refractivity contribution in [2.75, 3.05) is 44.6 Å². The fraction of sp³-hybridized carbons (Fsp3) is 0.405. The largest absolute Gasteiger partial charge is 0.465 e. The van der Waals surface area contributed by atoms with E-state index in [1.54, 1.807) is 0 Å². The Morgan fingerprint density at radius 3 is 1.74 bits per heavy atom. The number of hydrogen-bond acceptors (Lipinski definition) is 14. The van der Waals surface area contributed by atoms with Crippen molar-refractivity contribution < 1.29 is 57.3 Å². The van der Waals surface area contributed by atoms with Gasteiger partial charge >= 0.3 is 23.9 Å². The summed E-state index contributed by atoms with van der Waals surface area (Å²) in [5, 5.41) is 5.86. The van der Waals surface area contributed by atoms with Gasteiger partial charge in [-0.2, -0.15) is 0 Å². The molecule has 0 saturated heterocycles. The second-order valence-corrected chi connectivity index (χ2v) is 15.6. The van der Waals surface area contributed by atoms with Crippen molar-refractivity contribution in [1.29, 1.82) is 0 Å². The molecule has 2 aliphatic carbocycles. The van der Waals surface area contributed by atoms with Gasteiger partial charge in [-0.15, -0.1) is 22.7 Å². The summed E-state index contributed by atoms with van der Waals surface area (Å²) < 4.78 is 20.1. The van der Waals surface area contributed by atoms with Gasteiger partial charge in [0, 0.05) is 9.75 Å². The molecule has 1 aromatic carbocycles. The molecule has 3 aromatic rings. The molecular weight excluding hydrogens is 743 g/mol. The van der Waals surface area contributed by atoms with Crippen molar-refractivity contribution in [2.45, 2.75) is 52.4 Å². The Balaban J connectivity index is 1.02. The van der Waals surface area contributed by atoms with Crippen molar-refractivity contribution in [3.05, 3.63) is 66.9 Å². The van der Waals surface area contributed by atoms with Crippen LogP contribution in [0.15, 0.2) is 18.2 Å². The number of hydrogen-bond donors (Lipinski definition) is 2. The van der Waals surface area contributed by atoms with Crippen molar-refractivity contribution in [3.8, 4) is 0 Å². The Morgan fingerprint density at radius 2 is 1.22 bits per heavy atom. The van der Waals surface area contributed by atoms with Crippen LogP contribution in [0.5, 0.6) is 0 Å². The van der Waals surface area contributed by atoms with Gasteiger partial charge in [-0.05, 0) is 79.7 Å². The summed E-state index contributed by atoms with van der Waals surface area (Å²) in [6.45, 7) is 1.95. The Hall–Kier alpha value is -5.42. The first-order valence-electron chi connectivity index (χ1n) is 17.2. The highest BCUT2D eigenvalue weighted by Gasteiger charge is 2.38. The molecule has 0 radical (unpaired) electrons. The van der Waals surface area contributed by atoms with E-state index in [0.29, 0.717) is 45.1 Å². The molecule has 3 heterocycles. The molecule has 54 heavy (non-hydrogen) atoms. The number of anilines is 2. The number of ether oxygens (including phenoxy) is 4. The zero-order valence-electron chi connectivity index (χ0n) is 29.9. The van der Waals surface area contributed by atoms with Crippen LogP contribution in [0.2, 0.25) is 0 Å². The lowest BCUT2D eigenvalue weighted by Crippen LogP contribution is -2.36. The van der Waals surface area contributed by atoms with E-state index in [0.717, 1.165) is 52.6 Å². The predicted octanol–water partition coefficient (Wildman–Crippen LogP) is 4.21. The van der Waals surface area contributed by atoms with E-state index in [4.69, 9.17) is 18.9 Å². The number of imide groups is 1. The molecule has 2 aromatic heterocycles. The molecule has 6 rings (SSSR count).